The standard InChI is InChI=1S/C21H38O4/c1-5-7-12-18(6-2)16-19(13-10-8-9-11-17(3)4)25-21(24)15-14-20(22)23/h14-15,17-19H,5-13,16H2,1-4H3,(H,22,23)/b15-14-. The van der Waals surface area contributed by atoms with Gasteiger partial charge in [-0.3, -0.25) is 0 Å². The molecule has 0 rings (SSSR count). The molecule has 0 fully saturated rings. The Morgan fingerprint density at radius 2 is 1.64 bits per heavy atom. The molecule has 0 aliphatic carbocycles. The molecule has 0 radical (unpaired) electrons. The molecule has 25 heavy (non-hydrogen) atoms. The van der Waals surface area contributed by atoms with Crippen molar-refractivity contribution in [2.75, 3.05) is 0 Å². The maximum absolute atomic E-state index is 11.8. The highest BCUT2D eigenvalue weighted by molar-refractivity contribution is 5.90. The quantitative estimate of drug-likeness (QED) is 0.231. The molecule has 2 unspecified atom stereocenters. The van der Waals surface area contributed by atoms with Crippen molar-refractivity contribution in [2.24, 2.45) is 11.8 Å². The number of esters is 1. The monoisotopic (exact) mass is 354 g/mol. The van der Waals surface area contributed by atoms with Gasteiger partial charge in [-0.2, -0.15) is 0 Å². The van der Waals surface area contributed by atoms with Crippen LogP contribution in [0, 0.1) is 11.8 Å². The minimum Gasteiger partial charge on any atom is -0.478 e. The summed E-state index contributed by atoms with van der Waals surface area (Å²) in [7, 11) is 0. The van der Waals surface area contributed by atoms with Gasteiger partial charge in [0.2, 0.25) is 0 Å². The Morgan fingerprint density at radius 3 is 2.20 bits per heavy atom. The highest BCUT2D eigenvalue weighted by atomic mass is 16.5. The lowest BCUT2D eigenvalue weighted by Gasteiger charge is -2.23. The van der Waals surface area contributed by atoms with Crippen molar-refractivity contribution in [1.29, 1.82) is 0 Å². The predicted octanol–water partition coefficient (Wildman–Crippen LogP) is 5.75. The van der Waals surface area contributed by atoms with Crippen LogP contribution in [0.1, 0.15) is 91.9 Å². The molecule has 0 aromatic carbocycles. The zero-order valence-electron chi connectivity index (χ0n) is 16.6. The summed E-state index contributed by atoms with van der Waals surface area (Å²) in [6.45, 7) is 8.85. The van der Waals surface area contributed by atoms with Crippen LogP contribution in [0.3, 0.4) is 0 Å². The highest BCUT2D eigenvalue weighted by Gasteiger charge is 2.18. The van der Waals surface area contributed by atoms with Crippen molar-refractivity contribution in [3.8, 4) is 0 Å². The summed E-state index contributed by atoms with van der Waals surface area (Å²) in [4.78, 5) is 22.4. The number of carboxylic acids is 1. The molecule has 0 amide bonds. The Hall–Kier alpha value is -1.32. The van der Waals surface area contributed by atoms with Gasteiger partial charge in [-0.1, -0.05) is 72.6 Å². The molecule has 0 heterocycles. The lowest BCUT2D eigenvalue weighted by molar-refractivity contribution is -0.144. The third kappa shape index (κ3) is 14.7. The van der Waals surface area contributed by atoms with Crippen molar-refractivity contribution in [2.45, 2.75) is 98.0 Å². The second-order valence-corrected chi connectivity index (χ2v) is 7.41. The molecule has 0 aromatic rings. The predicted molar refractivity (Wildman–Crippen MR) is 103 cm³/mol. The van der Waals surface area contributed by atoms with Gasteiger partial charge in [0.25, 0.3) is 0 Å². The molecule has 0 aliphatic rings. The fraction of sp³-hybridized carbons (Fsp3) is 0.810. The lowest BCUT2D eigenvalue weighted by Crippen LogP contribution is -2.21. The molecule has 4 heteroatoms. The average molecular weight is 355 g/mol. The summed E-state index contributed by atoms with van der Waals surface area (Å²) in [6.07, 6.45) is 12.8. The fourth-order valence-electron chi connectivity index (χ4n) is 3.02. The maximum Gasteiger partial charge on any atom is 0.331 e. The fourth-order valence-corrected chi connectivity index (χ4v) is 3.02. The van der Waals surface area contributed by atoms with Gasteiger partial charge in [0.15, 0.2) is 0 Å². The molecule has 0 spiro atoms. The van der Waals surface area contributed by atoms with E-state index in [1.807, 2.05) is 0 Å². The third-order valence-corrected chi connectivity index (χ3v) is 4.59. The van der Waals surface area contributed by atoms with Crippen molar-refractivity contribution < 1.29 is 19.4 Å². The molecular formula is C21H38O4. The van der Waals surface area contributed by atoms with Crippen molar-refractivity contribution >= 4 is 11.9 Å². The van der Waals surface area contributed by atoms with Crippen molar-refractivity contribution in [1.82, 2.24) is 0 Å². The Morgan fingerprint density at radius 1 is 0.960 bits per heavy atom. The zero-order valence-corrected chi connectivity index (χ0v) is 16.6. The number of hydrogen-bond donors (Lipinski definition) is 1. The summed E-state index contributed by atoms with van der Waals surface area (Å²) in [5, 5.41) is 8.63. The second-order valence-electron chi connectivity index (χ2n) is 7.41. The van der Waals surface area contributed by atoms with E-state index in [9.17, 15) is 9.59 Å². The molecule has 4 nitrogen and oxygen atoms in total. The number of ether oxygens (including phenoxy) is 1. The zero-order chi connectivity index (χ0) is 19.1. The first-order valence-corrected chi connectivity index (χ1v) is 10.0. The molecule has 1 N–H and O–H groups in total. The van der Waals surface area contributed by atoms with Crippen LogP contribution in [0.5, 0.6) is 0 Å². The first-order valence-electron chi connectivity index (χ1n) is 10.0. The number of carbonyl (C=O) groups excluding carboxylic acids is 1. The van der Waals surface area contributed by atoms with Crippen LogP contribution in [-0.2, 0) is 14.3 Å². The van der Waals surface area contributed by atoms with Gasteiger partial charge in [0.1, 0.15) is 6.10 Å². The van der Waals surface area contributed by atoms with E-state index in [1.54, 1.807) is 0 Å². The topological polar surface area (TPSA) is 63.6 Å². The van der Waals surface area contributed by atoms with E-state index in [-0.39, 0.29) is 6.10 Å². The maximum atomic E-state index is 11.8. The highest BCUT2D eigenvalue weighted by Crippen LogP contribution is 2.23. The molecule has 0 saturated heterocycles. The molecule has 0 saturated carbocycles. The van der Waals surface area contributed by atoms with Gasteiger partial charge in [-0.05, 0) is 31.1 Å². The van der Waals surface area contributed by atoms with Crippen LogP contribution >= 0.6 is 0 Å². The first-order chi connectivity index (χ1) is 11.9. The van der Waals surface area contributed by atoms with Crippen LogP contribution < -0.4 is 0 Å². The van der Waals surface area contributed by atoms with E-state index < -0.39 is 11.9 Å². The molecule has 0 aromatic heterocycles. The molecule has 0 aliphatic heterocycles. The van der Waals surface area contributed by atoms with Crippen molar-refractivity contribution in [3.05, 3.63) is 12.2 Å². The van der Waals surface area contributed by atoms with Gasteiger partial charge in [0, 0.05) is 12.2 Å². The number of carboxylic acid groups (broad SMARTS) is 1. The summed E-state index contributed by atoms with van der Waals surface area (Å²) in [5.41, 5.74) is 0. The van der Waals surface area contributed by atoms with E-state index in [1.165, 1.54) is 32.1 Å². The van der Waals surface area contributed by atoms with Crippen LogP contribution in [-0.4, -0.2) is 23.1 Å². The van der Waals surface area contributed by atoms with Gasteiger partial charge < -0.3 is 9.84 Å². The normalized spacial score (nSPS) is 14.0. The SMILES string of the molecule is CCCCC(CC)CC(CCCCCC(C)C)OC(=O)/C=C\C(=O)O. The van der Waals surface area contributed by atoms with E-state index >= 15 is 0 Å². The Bertz CT molecular complexity index is 387. The number of carbonyl (C=O) groups is 2. The van der Waals surface area contributed by atoms with E-state index in [4.69, 9.17) is 9.84 Å². The minimum atomic E-state index is -1.13. The summed E-state index contributed by atoms with van der Waals surface area (Å²) >= 11 is 0. The van der Waals surface area contributed by atoms with Gasteiger partial charge in [-0.15, -0.1) is 0 Å². The third-order valence-electron chi connectivity index (χ3n) is 4.59. The minimum absolute atomic E-state index is 0.105. The first kappa shape index (κ1) is 23.7. The van der Waals surface area contributed by atoms with E-state index in [0.717, 1.165) is 50.2 Å². The molecule has 0 bridgehead atoms. The summed E-state index contributed by atoms with van der Waals surface area (Å²) in [5.74, 6) is -0.373. The van der Waals surface area contributed by atoms with Gasteiger partial charge >= 0.3 is 11.9 Å². The Labute approximate surface area is 154 Å². The number of hydrogen-bond acceptors (Lipinski definition) is 3. The summed E-state index contributed by atoms with van der Waals surface area (Å²) in [6, 6.07) is 0. The number of rotatable bonds is 15. The smallest absolute Gasteiger partial charge is 0.331 e. The van der Waals surface area contributed by atoms with E-state index in [0.29, 0.717) is 5.92 Å². The second kappa shape index (κ2) is 15.0. The van der Waals surface area contributed by atoms with E-state index in [2.05, 4.69) is 27.7 Å². The average Bonchev–Trinajstić information content (AvgIpc) is 2.55. The molecule has 146 valence electrons. The summed E-state index contributed by atoms with van der Waals surface area (Å²) < 4.78 is 5.55. The Kier molecular flexibility index (Phi) is 14.2. The largest absolute Gasteiger partial charge is 0.478 e. The molecular weight excluding hydrogens is 316 g/mol. The lowest BCUT2D eigenvalue weighted by atomic mass is 9.91. The van der Waals surface area contributed by atoms with Gasteiger partial charge in [-0.25, -0.2) is 9.59 Å². The Balaban J connectivity index is 4.51. The van der Waals surface area contributed by atoms with Crippen LogP contribution in [0.4, 0.5) is 0 Å². The number of aliphatic carboxylic acids is 1. The molecule has 2 atom stereocenters. The van der Waals surface area contributed by atoms with Crippen LogP contribution in [0.25, 0.3) is 0 Å². The van der Waals surface area contributed by atoms with Crippen molar-refractivity contribution in [3.63, 3.8) is 0 Å². The van der Waals surface area contributed by atoms with Crippen LogP contribution in [0.2, 0.25) is 0 Å². The number of unbranched alkanes of at least 4 members (excludes halogenated alkanes) is 3. The van der Waals surface area contributed by atoms with Gasteiger partial charge in [0.05, 0.1) is 0 Å². The van der Waals surface area contributed by atoms with Crippen LogP contribution in [0.15, 0.2) is 12.2 Å².